The second kappa shape index (κ2) is 6.93. The van der Waals surface area contributed by atoms with E-state index in [1.54, 1.807) is 0 Å². The lowest BCUT2D eigenvalue weighted by molar-refractivity contribution is 0.472. The molecular formula is C14H12BrF2IN2. The van der Waals surface area contributed by atoms with Gasteiger partial charge in [0.15, 0.2) is 0 Å². The number of nitrogens with two attached hydrogens (primary N) is 1. The molecule has 0 aliphatic rings. The molecule has 0 radical (unpaired) electrons. The number of rotatable bonds is 4. The van der Waals surface area contributed by atoms with Crippen LogP contribution in [0.15, 0.2) is 40.9 Å². The summed E-state index contributed by atoms with van der Waals surface area (Å²) in [5.74, 6) is 4.22. The normalized spacial score (nSPS) is 12.4. The van der Waals surface area contributed by atoms with Crippen LogP contribution >= 0.6 is 38.5 Å². The van der Waals surface area contributed by atoms with Crippen LogP contribution in [0.25, 0.3) is 0 Å². The summed E-state index contributed by atoms with van der Waals surface area (Å²) in [5.41, 5.74) is 3.39. The molecule has 106 valence electrons. The maximum Gasteiger partial charge on any atom is 0.132 e. The molecule has 2 aromatic rings. The van der Waals surface area contributed by atoms with Crippen molar-refractivity contribution in [2.45, 2.75) is 12.5 Å². The average Bonchev–Trinajstić information content (AvgIpc) is 2.38. The number of hydrogen-bond acceptors (Lipinski definition) is 2. The minimum Gasteiger partial charge on any atom is -0.271 e. The van der Waals surface area contributed by atoms with E-state index in [1.165, 1.54) is 12.1 Å². The molecule has 0 spiro atoms. The van der Waals surface area contributed by atoms with Crippen LogP contribution in [0.2, 0.25) is 0 Å². The van der Waals surface area contributed by atoms with Crippen LogP contribution in [0.3, 0.4) is 0 Å². The molecule has 0 bridgehead atoms. The van der Waals surface area contributed by atoms with Crippen molar-refractivity contribution in [2.75, 3.05) is 0 Å². The van der Waals surface area contributed by atoms with Gasteiger partial charge in [0.05, 0.1) is 6.04 Å². The van der Waals surface area contributed by atoms with Gasteiger partial charge in [0, 0.05) is 13.6 Å². The fraction of sp³-hybridized carbons (Fsp3) is 0.143. The van der Waals surface area contributed by atoms with E-state index in [4.69, 9.17) is 5.84 Å². The van der Waals surface area contributed by atoms with Gasteiger partial charge >= 0.3 is 0 Å². The first-order chi connectivity index (χ1) is 9.51. The maximum atomic E-state index is 13.9. The minimum absolute atomic E-state index is 0.0470. The van der Waals surface area contributed by atoms with Gasteiger partial charge in [-0.05, 0) is 58.8 Å². The minimum atomic E-state index is -0.622. The Morgan fingerprint density at radius 1 is 1.15 bits per heavy atom. The van der Waals surface area contributed by atoms with Gasteiger partial charge in [-0.1, -0.05) is 28.1 Å². The number of hydrogen-bond donors (Lipinski definition) is 2. The molecule has 1 atom stereocenters. The Balaban J connectivity index is 2.31. The molecule has 0 heterocycles. The van der Waals surface area contributed by atoms with E-state index in [2.05, 4.69) is 43.9 Å². The molecule has 2 nitrogen and oxygen atoms in total. The maximum absolute atomic E-state index is 13.9. The van der Waals surface area contributed by atoms with Gasteiger partial charge in [0.1, 0.15) is 11.6 Å². The largest absolute Gasteiger partial charge is 0.271 e. The molecule has 2 rings (SSSR count). The van der Waals surface area contributed by atoms with Crippen LogP contribution in [0.5, 0.6) is 0 Å². The number of benzene rings is 2. The van der Waals surface area contributed by atoms with Crippen molar-refractivity contribution in [2.24, 2.45) is 5.84 Å². The molecular weight excluding hydrogens is 441 g/mol. The predicted molar refractivity (Wildman–Crippen MR) is 87.0 cm³/mol. The van der Waals surface area contributed by atoms with Gasteiger partial charge < -0.3 is 0 Å². The van der Waals surface area contributed by atoms with E-state index < -0.39 is 17.7 Å². The Morgan fingerprint density at radius 3 is 2.20 bits per heavy atom. The van der Waals surface area contributed by atoms with Crippen molar-refractivity contribution >= 4 is 38.5 Å². The van der Waals surface area contributed by atoms with Gasteiger partial charge in [-0.25, -0.2) is 8.78 Å². The van der Waals surface area contributed by atoms with E-state index in [0.29, 0.717) is 10.9 Å². The van der Waals surface area contributed by atoms with E-state index in [-0.39, 0.29) is 5.56 Å². The molecule has 6 heteroatoms. The van der Waals surface area contributed by atoms with Crippen LogP contribution in [0, 0.1) is 15.2 Å². The van der Waals surface area contributed by atoms with Crippen molar-refractivity contribution in [3.05, 3.63) is 67.2 Å². The van der Waals surface area contributed by atoms with Crippen LogP contribution < -0.4 is 11.3 Å². The van der Waals surface area contributed by atoms with Crippen molar-refractivity contribution in [3.8, 4) is 0 Å². The molecule has 0 fully saturated rings. The predicted octanol–water partition coefficient (Wildman–Crippen LogP) is 4.08. The molecule has 0 amide bonds. The highest BCUT2D eigenvalue weighted by Crippen LogP contribution is 2.27. The van der Waals surface area contributed by atoms with Crippen LogP contribution in [-0.2, 0) is 6.42 Å². The molecule has 1 unspecified atom stereocenters. The molecule has 0 aromatic heterocycles. The average molecular weight is 453 g/mol. The first-order valence-corrected chi connectivity index (χ1v) is 7.73. The van der Waals surface area contributed by atoms with E-state index >= 15 is 0 Å². The second-order valence-electron chi connectivity index (χ2n) is 4.33. The zero-order valence-corrected chi connectivity index (χ0v) is 14.1. The summed E-state index contributed by atoms with van der Waals surface area (Å²) in [6, 6.07) is 9.56. The van der Waals surface area contributed by atoms with Crippen LogP contribution in [-0.4, -0.2) is 0 Å². The Labute approximate surface area is 138 Å². The number of halogens is 4. The van der Waals surface area contributed by atoms with Crippen molar-refractivity contribution in [3.63, 3.8) is 0 Å². The Kier molecular flexibility index (Phi) is 5.48. The molecule has 2 aromatic carbocycles. The smallest absolute Gasteiger partial charge is 0.132 e. The first-order valence-electron chi connectivity index (χ1n) is 5.86. The zero-order valence-electron chi connectivity index (χ0n) is 10.3. The lowest BCUT2D eigenvalue weighted by Crippen LogP contribution is -2.31. The van der Waals surface area contributed by atoms with E-state index in [1.807, 2.05) is 24.3 Å². The van der Waals surface area contributed by atoms with Gasteiger partial charge in [-0.15, -0.1) is 0 Å². The van der Waals surface area contributed by atoms with E-state index in [9.17, 15) is 8.78 Å². The summed E-state index contributed by atoms with van der Waals surface area (Å²) >= 11 is 5.26. The zero-order chi connectivity index (χ0) is 14.7. The van der Waals surface area contributed by atoms with Crippen LogP contribution in [0.1, 0.15) is 17.2 Å². The summed E-state index contributed by atoms with van der Waals surface area (Å²) in [6.07, 6.45) is 0.406. The quantitative estimate of drug-likeness (QED) is 0.416. The summed E-state index contributed by atoms with van der Waals surface area (Å²) in [7, 11) is 0. The van der Waals surface area contributed by atoms with Crippen molar-refractivity contribution < 1.29 is 8.78 Å². The number of hydrazine groups is 1. The molecule has 20 heavy (non-hydrogen) atoms. The monoisotopic (exact) mass is 452 g/mol. The highest BCUT2D eigenvalue weighted by atomic mass is 127. The van der Waals surface area contributed by atoms with E-state index in [0.717, 1.165) is 9.13 Å². The van der Waals surface area contributed by atoms with Crippen molar-refractivity contribution in [1.82, 2.24) is 5.43 Å². The standard InChI is InChI=1S/C14H12BrF2IN2/c15-9-6-11(16)14(12(17)7-9)13(20-19)5-8-1-3-10(18)4-2-8/h1-4,6-7,13,20H,5,19H2. The van der Waals surface area contributed by atoms with Gasteiger partial charge in [-0.3, -0.25) is 11.3 Å². The highest BCUT2D eigenvalue weighted by molar-refractivity contribution is 14.1. The first kappa shape index (κ1) is 15.8. The Bertz CT molecular complexity index is 582. The lowest BCUT2D eigenvalue weighted by Gasteiger charge is -2.18. The topological polar surface area (TPSA) is 38.0 Å². The molecule has 0 aliphatic heterocycles. The summed E-state index contributed by atoms with van der Waals surface area (Å²) < 4.78 is 29.4. The third kappa shape index (κ3) is 3.75. The van der Waals surface area contributed by atoms with Gasteiger partial charge in [0.2, 0.25) is 0 Å². The lowest BCUT2D eigenvalue weighted by atomic mass is 9.98. The molecule has 3 N–H and O–H groups in total. The van der Waals surface area contributed by atoms with Crippen LogP contribution in [0.4, 0.5) is 8.78 Å². The fourth-order valence-electron chi connectivity index (χ4n) is 1.99. The Morgan fingerprint density at radius 2 is 1.70 bits per heavy atom. The molecule has 0 aliphatic carbocycles. The fourth-order valence-corrected chi connectivity index (χ4v) is 2.75. The van der Waals surface area contributed by atoms with Gasteiger partial charge in [-0.2, -0.15) is 0 Å². The third-order valence-corrected chi connectivity index (χ3v) is 4.12. The molecule has 0 saturated carbocycles. The number of nitrogens with one attached hydrogen (secondary N) is 1. The van der Waals surface area contributed by atoms with Crippen molar-refractivity contribution in [1.29, 1.82) is 0 Å². The third-order valence-electron chi connectivity index (χ3n) is 2.95. The summed E-state index contributed by atoms with van der Waals surface area (Å²) in [6.45, 7) is 0. The summed E-state index contributed by atoms with van der Waals surface area (Å²) in [4.78, 5) is 0. The summed E-state index contributed by atoms with van der Waals surface area (Å²) in [5, 5.41) is 0. The second-order valence-corrected chi connectivity index (χ2v) is 6.49. The van der Waals surface area contributed by atoms with Gasteiger partial charge in [0.25, 0.3) is 0 Å². The Hall–Kier alpha value is -0.570. The SMILES string of the molecule is NNC(Cc1ccc(I)cc1)c1c(F)cc(Br)cc1F. The molecule has 0 saturated heterocycles. The highest BCUT2D eigenvalue weighted by Gasteiger charge is 2.20.